The van der Waals surface area contributed by atoms with Crippen LogP contribution in [0.4, 0.5) is 0 Å². The van der Waals surface area contributed by atoms with Crippen LogP contribution in [0, 0.1) is 5.92 Å². The van der Waals surface area contributed by atoms with Crippen molar-refractivity contribution >= 4 is 5.91 Å². The standard InChI is InChI=1S/C12H24N2O3/c1-3-12(7-15,8-16)14-11(17)10-6-9(2)4-5-13-10/h9-10,13,15-16H,3-8H2,1-2H3,(H,14,17). The molecule has 2 unspecified atom stereocenters. The number of rotatable bonds is 5. The van der Waals surface area contributed by atoms with E-state index >= 15 is 0 Å². The second-order valence-electron chi connectivity index (χ2n) is 5.08. The largest absolute Gasteiger partial charge is 0.394 e. The summed E-state index contributed by atoms with van der Waals surface area (Å²) >= 11 is 0. The topological polar surface area (TPSA) is 81.6 Å². The molecule has 1 saturated heterocycles. The van der Waals surface area contributed by atoms with Gasteiger partial charge in [0.2, 0.25) is 5.91 Å². The van der Waals surface area contributed by atoms with Gasteiger partial charge in [0.15, 0.2) is 0 Å². The van der Waals surface area contributed by atoms with E-state index in [4.69, 9.17) is 0 Å². The molecule has 1 heterocycles. The molecule has 4 N–H and O–H groups in total. The molecule has 1 fully saturated rings. The van der Waals surface area contributed by atoms with Crippen molar-refractivity contribution in [3.8, 4) is 0 Å². The van der Waals surface area contributed by atoms with E-state index in [1.54, 1.807) is 0 Å². The molecule has 17 heavy (non-hydrogen) atoms. The summed E-state index contributed by atoms with van der Waals surface area (Å²) in [5.74, 6) is 0.410. The number of piperidine rings is 1. The maximum Gasteiger partial charge on any atom is 0.237 e. The third-order valence-electron chi connectivity index (χ3n) is 3.65. The number of carbonyl (C=O) groups is 1. The van der Waals surface area contributed by atoms with E-state index in [9.17, 15) is 15.0 Å². The van der Waals surface area contributed by atoms with Crippen molar-refractivity contribution in [2.24, 2.45) is 5.92 Å². The monoisotopic (exact) mass is 244 g/mol. The van der Waals surface area contributed by atoms with E-state index in [-0.39, 0.29) is 25.2 Å². The fraction of sp³-hybridized carbons (Fsp3) is 0.917. The second-order valence-corrected chi connectivity index (χ2v) is 5.08. The van der Waals surface area contributed by atoms with Crippen LogP contribution in [0.15, 0.2) is 0 Å². The van der Waals surface area contributed by atoms with Gasteiger partial charge in [-0.1, -0.05) is 13.8 Å². The first-order valence-electron chi connectivity index (χ1n) is 6.34. The first kappa shape index (κ1) is 14.4. The highest BCUT2D eigenvalue weighted by Gasteiger charge is 2.32. The molecule has 100 valence electrons. The Bertz CT molecular complexity index is 246. The van der Waals surface area contributed by atoms with Gasteiger partial charge >= 0.3 is 0 Å². The van der Waals surface area contributed by atoms with Gasteiger partial charge in [-0.05, 0) is 31.7 Å². The van der Waals surface area contributed by atoms with Gasteiger partial charge in [0, 0.05) is 0 Å². The molecule has 0 aromatic carbocycles. The number of hydrogen-bond acceptors (Lipinski definition) is 4. The van der Waals surface area contributed by atoms with Crippen molar-refractivity contribution in [3.05, 3.63) is 0 Å². The lowest BCUT2D eigenvalue weighted by Crippen LogP contribution is -2.59. The highest BCUT2D eigenvalue weighted by molar-refractivity contribution is 5.82. The predicted octanol–water partition coefficient (Wildman–Crippen LogP) is -0.376. The van der Waals surface area contributed by atoms with E-state index in [1.807, 2.05) is 6.92 Å². The fourth-order valence-corrected chi connectivity index (χ4v) is 2.10. The van der Waals surface area contributed by atoms with E-state index in [0.29, 0.717) is 12.3 Å². The molecule has 2 atom stereocenters. The van der Waals surface area contributed by atoms with E-state index < -0.39 is 5.54 Å². The molecule has 0 aliphatic carbocycles. The lowest BCUT2D eigenvalue weighted by Gasteiger charge is -2.34. The van der Waals surface area contributed by atoms with Gasteiger partial charge < -0.3 is 20.8 Å². The molecule has 0 bridgehead atoms. The average molecular weight is 244 g/mol. The summed E-state index contributed by atoms with van der Waals surface area (Å²) in [6, 6.07) is -0.206. The number of amides is 1. The van der Waals surface area contributed by atoms with Crippen LogP contribution in [0.2, 0.25) is 0 Å². The average Bonchev–Trinajstić information content (AvgIpc) is 2.36. The SMILES string of the molecule is CCC(CO)(CO)NC(=O)C1CC(C)CCN1. The number of aliphatic hydroxyl groups excluding tert-OH is 2. The van der Waals surface area contributed by atoms with E-state index in [1.165, 1.54) is 0 Å². The first-order valence-corrected chi connectivity index (χ1v) is 6.34. The van der Waals surface area contributed by atoms with Gasteiger partial charge in [-0.3, -0.25) is 4.79 Å². The zero-order valence-electron chi connectivity index (χ0n) is 10.7. The Morgan fingerprint density at radius 2 is 2.12 bits per heavy atom. The number of hydrogen-bond donors (Lipinski definition) is 4. The third-order valence-corrected chi connectivity index (χ3v) is 3.65. The summed E-state index contributed by atoms with van der Waals surface area (Å²) in [5.41, 5.74) is -0.889. The van der Waals surface area contributed by atoms with Crippen LogP contribution in [-0.4, -0.2) is 47.5 Å². The van der Waals surface area contributed by atoms with Gasteiger partial charge in [0.05, 0.1) is 24.8 Å². The molecular formula is C12H24N2O3. The Hall–Kier alpha value is -0.650. The Morgan fingerprint density at radius 3 is 2.59 bits per heavy atom. The minimum Gasteiger partial charge on any atom is -0.394 e. The minimum absolute atomic E-state index is 0.124. The van der Waals surface area contributed by atoms with Gasteiger partial charge in [0.25, 0.3) is 0 Å². The van der Waals surface area contributed by atoms with Gasteiger partial charge in [-0.15, -0.1) is 0 Å². The zero-order chi connectivity index (χ0) is 12.9. The Morgan fingerprint density at radius 1 is 1.47 bits per heavy atom. The summed E-state index contributed by atoms with van der Waals surface area (Å²) in [5, 5.41) is 24.5. The third kappa shape index (κ3) is 3.66. The van der Waals surface area contributed by atoms with Crippen LogP contribution >= 0.6 is 0 Å². The van der Waals surface area contributed by atoms with E-state index in [2.05, 4.69) is 17.6 Å². The maximum absolute atomic E-state index is 12.0. The van der Waals surface area contributed by atoms with Crippen molar-refractivity contribution in [2.75, 3.05) is 19.8 Å². The van der Waals surface area contributed by atoms with Crippen molar-refractivity contribution in [1.29, 1.82) is 0 Å². The number of carbonyl (C=O) groups excluding carboxylic acids is 1. The predicted molar refractivity (Wildman–Crippen MR) is 65.5 cm³/mol. The normalized spacial score (nSPS) is 25.6. The molecule has 0 aromatic rings. The van der Waals surface area contributed by atoms with Crippen molar-refractivity contribution in [3.63, 3.8) is 0 Å². The summed E-state index contributed by atoms with van der Waals surface area (Å²) < 4.78 is 0. The summed E-state index contributed by atoms with van der Waals surface area (Å²) in [7, 11) is 0. The Labute approximate surface area is 103 Å². The minimum atomic E-state index is -0.889. The molecule has 0 radical (unpaired) electrons. The van der Waals surface area contributed by atoms with Crippen molar-refractivity contribution in [2.45, 2.75) is 44.7 Å². The van der Waals surface area contributed by atoms with Crippen LogP contribution in [0.5, 0.6) is 0 Å². The first-order chi connectivity index (χ1) is 8.06. The molecular weight excluding hydrogens is 220 g/mol. The summed E-state index contributed by atoms with van der Waals surface area (Å²) in [4.78, 5) is 12.0. The van der Waals surface area contributed by atoms with E-state index in [0.717, 1.165) is 19.4 Å². The maximum atomic E-state index is 12.0. The number of aliphatic hydroxyl groups is 2. The highest BCUT2D eigenvalue weighted by Crippen LogP contribution is 2.16. The van der Waals surface area contributed by atoms with Crippen LogP contribution in [0.25, 0.3) is 0 Å². The van der Waals surface area contributed by atoms with Gasteiger partial charge in [-0.2, -0.15) is 0 Å². The molecule has 1 rings (SSSR count). The Balaban J connectivity index is 2.57. The second kappa shape index (κ2) is 6.33. The smallest absolute Gasteiger partial charge is 0.237 e. The molecule has 0 spiro atoms. The summed E-state index contributed by atoms with van der Waals surface area (Å²) in [6.45, 7) is 4.33. The number of nitrogens with one attached hydrogen (secondary N) is 2. The van der Waals surface area contributed by atoms with Crippen molar-refractivity contribution < 1.29 is 15.0 Å². The highest BCUT2D eigenvalue weighted by atomic mass is 16.3. The molecule has 1 aliphatic heterocycles. The van der Waals surface area contributed by atoms with Crippen molar-refractivity contribution in [1.82, 2.24) is 10.6 Å². The summed E-state index contributed by atoms with van der Waals surface area (Å²) in [6.07, 6.45) is 2.40. The van der Waals surface area contributed by atoms with Crippen LogP contribution in [-0.2, 0) is 4.79 Å². The van der Waals surface area contributed by atoms with Crippen LogP contribution in [0.3, 0.4) is 0 Å². The van der Waals surface area contributed by atoms with Crippen LogP contribution < -0.4 is 10.6 Å². The molecule has 5 nitrogen and oxygen atoms in total. The Kier molecular flexibility index (Phi) is 5.36. The molecule has 0 aromatic heterocycles. The molecule has 0 saturated carbocycles. The quantitative estimate of drug-likeness (QED) is 0.531. The molecule has 1 amide bonds. The van der Waals surface area contributed by atoms with Gasteiger partial charge in [-0.25, -0.2) is 0 Å². The zero-order valence-corrected chi connectivity index (χ0v) is 10.7. The molecule has 1 aliphatic rings. The lowest BCUT2D eigenvalue weighted by atomic mass is 9.92. The van der Waals surface area contributed by atoms with Gasteiger partial charge in [0.1, 0.15) is 0 Å². The van der Waals surface area contributed by atoms with Crippen LogP contribution in [0.1, 0.15) is 33.1 Å². The lowest BCUT2D eigenvalue weighted by molar-refractivity contribution is -0.127. The molecule has 5 heteroatoms. The fourth-order valence-electron chi connectivity index (χ4n) is 2.10.